The largest absolute Gasteiger partial charge is 0.497 e. The van der Waals surface area contributed by atoms with Crippen LogP contribution in [-0.4, -0.2) is 75.3 Å². The normalized spacial score (nSPS) is 23.0. The van der Waals surface area contributed by atoms with Crippen molar-refractivity contribution < 1.29 is 33.7 Å². The fourth-order valence-electron chi connectivity index (χ4n) is 9.18. The highest BCUT2D eigenvalue weighted by molar-refractivity contribution is 6.91. The second-order valence-electron chi connectivity index (χ2n) is 15.3. The van der Waals surface area contributed by atoms with Crippen molar-refractivity contribution >= 4 is 42.4 Å². The van der Waals surface area contributed by atoms with E-state index in [1.165, 1.54) is 0 Å². The fraction of sp³-hybridized carbons (Fsp3) is 0.341. The van der Waals surface area contributed by atoms with Crippen LogP contribution in [-0.2, 0) is 32.9 Å². The zero-order valence-electron chi connectivity index (χ0n) is 32.1. The first-order valence-electron chi connectivity index (χ1n) is 18.8. The Morgan fingerprint density at radius 3 is 2.27 bits per heavy atom. The third-order valence-electron chi connectivity index (χ3n) is 12.0. The van der Waals surface area contributed by atoms with Gasteiger partial charge in [-0.25, -0.2) is 0 Å². The number of nitrogens with zero attached hydrogens (tertiary/aromatic N) is 2. The predicted octanol–water partition coefficient (Wildman–Crippen LogP) is 6.04. The molecule has 0 aromatic heterocycles. The Balaban J connectivity index is 1.29. The first-order valence-corrected chi connectivity index (χ1v) is 21.9. The van der Waals surface area contributed by atoms with E-state index in [4.69, 9.17) is 14.2 Å². The van der Waals surface area contributed by atoms with E-state index in [1.54, 1.807) is 60.4 Å². The smallest absolute Gasteiger partial charge is 0.264 e. The van der Waals surface area contributed by atoms with Crippen molar-refractivity contribution in [3.8, 4) is 11.5 Å². The second-order valence-corrected chi connectivity index (χ2v) is 20.0. The lowest BCUT2D eigenvalue weighted by Crippen LogP contribution is -2.52. The number of amides is 3. The Morgan fingerprint density at radius 1 is 0.982 bits per heavy atom. The molecule has 55 heavy (non-hydrogen) atoms. The minimum absolute atomic E-state index is 0.0416. The van der Waals surface area contributed by atoms with Gasteiger partial charge >= 0.3 is 0 Å². The molecule has 1 saturated heterocycles. The SMILES string of the molecule is C=CCN1C(=O)[C@@]2(O[C@@H](CC(=O)N3Cc4ccccc4C[C@H]3CO)[C@H]([Si](C)(C)c3ccc(OC)cc3)[C@H]2C)c2cc(NC(=O)c3ccc(OC)cc3)ccc21. The fourth-order valence-corrected chi connectivity index (χ4v) is 13.2. The van der Waals surface area contributed by atoms with Gasteiger partial charge in [0.25, 0.3) is 11.8 Å². The third kappa shape index (κ3) is 6.64. The molecule has 0 unspecified atom stereocenters. The van der Waals surface area contributed by atoms with Crippen molar-refractivity contribution in [3.63, 3.8) is 0 Å². The van der Waals surface area contributed by atoms with Gasteiger partial charge in [-0.2, -0.15) is 0 Å². The lowest BCUT2D eigenvalue weighted by molar-refractivity contribution is -0.150. The van der Waals surface area contributed by atoms with Gasteiger partial charge in [-0.05, 0) is 77.7 Å². The van der Waals surface area contributed by atoms with Crippen LogP contribution in [0.5, 0.6) is 11.5 Å². The van der Waals surface area contributed by atoms with Crippen LogP contribution < -0.4 is 24.9 Å². The van der Waals surface area contributed by atoms with E-state index >= 15 is 0 Å². The van der Waals surface area contributed by atoms with Crippen molar-refractivity contribution in [2.45, 2.75) is 62.7 Å². The maximum Gasteiger partial charge on any atom is 0.264 e. The predicted molar refractivity (Wildman–Crippen MR) is 216 cm³/mol. The van der Waals surface area contributed by atoms with Crippen LogP contribution in [0.15, 0.2) is 104 Å². The summed E-state index contributed by atoms with van der Waals surface area (Å²) in [4.78, 5) is 46.4. The average molecular weight is 760 g/mol. The van der Waals surface area contributed by atoms with E-state index in [9.17, 15) is 19.5 Å². The van der Waals surface area contributed by atoms with E-state index in [1.807, 2.05) is 42.5 Å². The number of nitrogens with one attached hydrogen (secondary N) is 1. The lowest BCUT2D eigenvalue weighted by atomic mass is 9.82. The van der Waals surface area contributed by atoms with E-state index in [2.05, 4.69) is 50.1 Å². The zero-order chi connectivity index (χ0) is 39.1. The number of ether oxygens (including phenoxy) is 3. The Kier molecular flexibility index (Phi) is 10.5. The number of methoxy groups -OCH3 is 2. The van der Waals surface area contributed by atoms with E-state index in [-0.39, 0.29) is 54.8 Å². The monoisotopic (exact) mass is 759 g/mol. The average Bonchev–Trinajstić information content (AvgIpc) is 3.63. The van der Waals surface area contributed by atoms with Gasteiger partial charge in [0.2, 0.25) is 5.91 Å². The number of anilines is 2. The summed E-state index contributed by atoms with van der Waals surface area (Å²) in [5.41, 5.74) is 2.88. The number of hydrogen-bond acceptors (Lipinski definition) is 7. The maximum atomic E-state index is 15.0. The number of hydrogen-bond donors (Lipinski definition) is 2. The molecule has 286 valence electrons. The molecular formula is C44H49N3O7Si. The van der Waals surface area contributed by atoms with Crippen LogP contribution in [0.2, 0.25) is 18.6 Å². The van der Waals surface area contributed by atoms with Gasteiger partial charge in [-0.1, -0.05) is 67.7 Å². The molecule has 7 rings (SSSR count). The maximum absolute atomic E-state index is 15.0. The van der Waals surface area contributed by atoms with Crippen LogP contribution in [0.1, 0.15) is 40.4 Å². The van der Waals surface area contributed by atoms with Gasteiger partial charge in [-0.3, -0.25) is 14.4 Å². The Labute approximate surface area is 323 Å². The van der Waals surface area contributed by atoms with Crippen molar-refractivity contribution in [2.24, 2.45) is 5.92 Å². The zero-order valence-corrected chi connectivity index (χ0v) is 33.1. The molecule has 11 heteroatoms. The van der Waals surface area contributed by atoms with Gasteiger partial charge in [-0.15, -0.1) is 6.58 Å². The molecular weight excluding hydrogens is 711 g/mol. The second kappa shape index (κ2) is 15.1. The number of carbonyl (C=O) groups is 3. The number of fused-ring (bicyclic) bond motifs is 3. The molecule has 4 aromatic carbocycles. The summed E-state index contributed by atoms with van der Waals surface area (Å²) in [7, 11) is 0.656. The number of rotatable bonds is 11. The Bertz CT molecular complexity index is 2100. The molecule has 3 aliphatic rings. The van der Waals surface area contributed by atoms with Crippen molar-refractivity contribution in [1.82, 2.24) is 4.90 Å². The van der Waals surface area contributed by atoms with Gasteiger partial charge in [0.1, 0.15) is 11.5 Å². The van der Waals surface area contributed by atoms with Crippen LogP contribution >= 0.6 is 0 Å². The molecule has 1 fully saturated rings. The lowest BCUT2D eigenvalue weighted by Gasteiger charge is -2.39. The third-order valence-corrected chi connectivity index (χ3v) is 16.4. The standard InChI is InChI=1S/C44H49N3O7Si/c1-7-22-46-38-21-14-32(45-42(50)29-12-15-34(52-3)16-13-29)24-37(38)44(43(46)51)28(2)41(55(5,6)36-19-17-35(53-4)18-20-36)39(54-44)25-40(49)47-26-31-11-9-8-10-30(31)23-33(47)27-48/h7-21,24,28,33,39,41,48H,1,22-23,25-27H2,2-6H3,(H,45,50)/t28-,33+,39+,41-,44+/m1/s1. The number of aliphatic hydroxyl groups is 1. The highest BCUT2D eigenvalue weighted by Crippen LogP contribution is 2.60. The van der Waals surface area contributed by atoms with E-state index < -0.39 is 19.8 Å². The summed E-state index contributed by atoms with van der Waals surface area (Å²) >= 11 is 0. The van der Waals surface area contributed by atoms with Crippen molar-refractivity contribution in [3.05, 3.63) is 126 Å². The summed E-state index contributed by atoms with van der Waals surface area (Å²) in [6.07, 6.45) is 1.67. The summed E-state index contributed by atoms with van der Waals surface area (Å²) in [6, 6.07) is 28.1. The van der Waals surface area contributed by atoms with E-state index in [0.29, 0.717) is 41.2 Å². The Morgan fingerprint density at radius 2 is 1.64 bits per heavy atom. The summed E-state index contributed by atoms with van der Waals surface area (Å²) in [6.45, 7) is 11.1. The number of aliphatic hydroxyl groups excluding tert-OH is 1. The summed E-state index contributed by atoms with van der Waals surface area (Å²) in [5, 5.41) is 14.6. The highest BCUT2D eigenvalue weighted by atomic mass is 28.3. The summed E-state index contributed by atoms with van der Waals surface area (Å²) < 4.78 is 18.0. The molecule has 3 heterocycles. The summed E-state index contributed by atoms with van der Waals surface area (Å²) in [5.74, 6) is 0.384. The minimum atomic E-state index is -2.56. The molecule has 0 saturated carbocycles. The van der Waals surface area contributed by atoms with Gasteiger partial charge in [0, 0.05) is 35.8 Å². The molecule has 1 spiro atoms. The molecule has 3 amide bonds. The van der Waals surface area contributed by atoms with Gasteiger partial charge in [0.05, 0.1) is 53.2 Å². The van der Waals surface area contributed by atoms with Crippen molar-refractivity contribution in [2.75, 3.05) is 37.6 Å². The Hall–Kier alpha value is -5.23. The molecule has 4 aromatic rings. The van der Waals surface area contributed by atoms with Crippen LogP contribution in [0.3, 0.4) is 0 Å². The molecule has 5 atom stereocenters. The van der Waals surface area contributed by atoms with Crippen molar-refractivity contribution in [1.29, 1.82) is 0 Å². The molecule has 10 nitrogen and oxygen atoms in total. The highest BCUT2D eigenvalue weighted by Gasteiger charge is 2.66. The van der Waals surface area contributed by atoms with E-state index in [0.717, 1.165) is 22.1 Å². The van der Waals surface area contributed by atoms with Crippen LogP contribution in [0.4, 0.5) is 11.4 Å². The first kappa shape index (κ1) is 38.1. The minimum Gasteiger partial charge on any atom is -0.497 e. The first-order chi connectivity index (χ1) is 26.5. The topological polar surface area (TPSA) is 118 Å². The molecule has 0 bridgehead atoms. The van der Waals surface area contributed by atoms with Crippen LogP contribution in [0, 0.1) is 5.92 Å². The molecule has 2 N–H and O–H groups in total. The quantitative estimate of drug-likeness (QED) is 0.142. The molecule has 0 aliphatic carbocycles. The number of carbonyl (C=O) groups excluding carboxylic acids is 3. The molecule has 0 radical (unpaired) electrons. The number of benzene rings is 4. The molecule has 3 aliphatic heterocycles. The van der Waals surface area contributed by atoms with Crippen LogP contribution in [0.25, 0.3) is 0 Å². The van der Waals surface area contributed by atoms with Gasteiger partial charge < -0.3 is 34.4 Å². The van der Waals surface area contributed by atoms with Gasteiger partial charge in [0.15, 0.2) is 5.60 Å².